The summed E-state index contributed by atoms with van der Waals surface area (Å²) in [7, 11) is 0. The molecule has 1 N–H and O–H groups in total. The summed E-state index contributed by atoms with van der Waals surface area (Å²) >= 11 is 0. The lowest BCUT2D eigenvalue weighted by Gasteiger charge is -2.19. The van der Waals surface area contributed by atoms with Crippen LogP contribution >= 0.6 is 0 Å². The highest BCUT2D eigenvalue weighted by atomic mass is 16.2. The first-order valence-electron chi connectivity index (χ1n) is 8.83. The first-order chi connectivity index (χ1) is 12.3. The molecule has 0 aromatic heterocycles. The van der Waals surface area contributed by atoms with Crippen LogP contribution in [0.1, 0.15) is 36.1 Å². The van der Waals surface area contributed by atoms with Crippen LogP contribution in [-0.4, -0.2) is 22.8 Å². The fraction of sp³-hybridized carbons (Fsp3) is 0.273. The van der Waals surface area contributed by atoms with Gasteiger partial charge in [0.25, 0.3) is 11.8 Å². The summed E-state index contributed by atoms with van der Waals surface area (Å²) in [6.45, 7) is 9.66. The number of carbonyl (C=O) groups excluding carboxylic acids is 2. The van der Waals surface area contributed by atoms with Crippen LogP contribution in [0.25, 0.3) is 5.57 Å². The van der Waals surface area contributed by atoms with Gasteiger partial charge in [-0.2, -0.15) is 0 Å². The van der Waals surface area contributed by atoms with Crippen molar-refractivity contribution in [3.63, 3.8) is 0 Å². The normalized spacial score (nSPS) is 14.6. The van der Waals surface area contributed by atoms with Crippen molar-refractivity contribution in [1.82, 2.24) is 4.90 Å². The van der Waals surface area contributed by atoms with E-state index >= 15 is 0 Å². The van der Waals surface area contributed by atoms with E-state index in [0.29, 0.717) is 11.3 Å². The van der Waals surface area contributed by atoms with Gasteiger partial charge in [-0.05, 0) is 57.4 Å². The number of carbonyl (C=O) groups is 2. The average molecular weight is 348 g/mol. The van der Waals surface area contributed by atoms with E-state index in [1.54, 1.807) is 0 Å². The molecular formula is C22H24N2O2. The standard InChI is InChI=1S/C22H24N2O2/c1-13(2)24-21(25)19(17-11-10-14(3)12-16(17)5)20(22(24)26)23-18-9-7-6-8-15(18)4/h6-13,23H,1-5H3. The highest BCUT2D eigenvalue weighted by Gasteiger charge is 2.41. The van der Waals surface area contributed by atoms with Crippen molar-refractivity contribution in [1.29, 1.82) is 0 Å². The minimum Gasteiger partial charge on any atom is -0.350 e. The van der Waals surface area contributed by atoms with Crippen LogP contribution in [0.15, 0.2) is 48.2 Å². The van der Waals surface area contributed by atoms with Gasteiger partial charge in [0.05, 0.1) is 5.57 Å². The minimum atomic E-state index is -0.275. The van der Waals surface area contributed by atoms with Gasteiger partial charge in [-0.25, -0.2) is 0 Å². The molecule has 4 nitrogen and oxygen atoms in total. The summed E-state index contributed by atoms with van der Waals surface area (Å²) in [5.41, 5.74) is 5.55. The molecule has 0 spiro atoms. The van der Waals surface area contributed by atoms with Gasteiger partial charge in [0.1, 0.15) is 5.70 Å². The number of para-hydroxylation sites is 1. The summed E-state index contributed by atoms with van der Waals surface area (Å²) in [6, 6.07) is 13.5. The quantitative estimate of drug-likeness (QED) is 0.842. The second-order valence-corrected chi connectivity index (χ2v) is 7.08. The molecule has 2 aromatic rings. The lowest BCUT2D eigenvalue weighted by molar-refractivity contribution is -0.138. The number of nitrogens with one attached hydrogen (secondary N) is 1. The average Bonchev–Trinajstić information content (AvgIpc) is 2.80. The molecule has 134 valence electrons. The maximum absolute atomic E-state index is 13.1. The minimum absolute atomic E-state index is 0.202. The van der Waals surface area contributed by atoms with Crippen LogP contribution in [0, 0.1) is 20.8 Å². The lowest BCUT2D eigenvalue weighted by atomic mass is 9.97. The zero-order valence-corrected chi connectivity index (χ0v) is 15.9. The summed E-state index contributed by atoms with van der Waals surface area (Å²) in [5, 5.41) is 3.23. The van der Waals surface area contributed by atoms with Gasteiger partial charge in [-0.15, -0.1) is 0 Å². The van der Waals surface area contributed by atoms with Crippen molar-refractivity contribution in [2.45, 2.75) is 40.7 Å². The predicted molar refractivity (Wildman–Crippen MR) is 105 cm³/mol. The monoisotopic (exact) mass is 348 g/mol. The third-order valence-corrected chi connectivity index (χ3v) is 4.69. The van der Waals surface area contributed by atoms with Crippen LogP contribution in [0.3, 0.4) is 0 Å². The molecule has 0 fully saturated rings. The van der Waals surface area contributed by atoms with E-state index in [2.05, 4.69) is 5.32 Å². The summed E-state index contributed by atoms with van der Waals surface area (Å²) < 4.78 is 0. The Labute approximate surface area is 154 Å². The summed E-state index contributed by atoms with van der Waals surface area (Å²) in [4.78, 5) is 27.4. The van der Waals surface area contributed by atoms with E-state index in [0.717, 1.165) is 27.9 Å². The zero-order valence-electron chi connectivity index (χ0n) is 15.9. The molecule has 0 aliphatic carbocycles. The number of hydrogen-bond acceptors (Lipinski definition) is 3. The van der Waals surface area contributed by atoms with Crippen LogP contribution in [-0.2, 0) is 9.59 Å². The number of benzene rings is 2. The molecule has 2 aromatic carbocycles. The van der Waals surface area contributed by atoms with E-state index in [4.69, 9.17) is 0 Å². The Morgan fingerprint density at radius 3 is 2.19 bits per heavy atom. The molecule has 0 saturated carbocycles. The number of imide groups is 1. The van der Waals surface area contributed by atoms with E-state index in [-0.39, 0.29) is 17.9 Å². The van der Waals surface area contributed by atoms with Crippen LogP contribution in [0.2, 0.25) is 0 Å². The molecule has 0 radical (unpaired) electrons. The second-order valence-electron chi connectivity index (χ2n) is 7.08. The number of aryl methyl sites for hydroxylation is 3. The molecule has 3 rings (SSSR count). The van der Waals surface area contributed by atoms with Crippen molar-refractivity contribution in [3.8, 4) is 0 Å². The van der Waals surface area contributed by atoms with Gasteiger partial charge in [-0.3, -0.25) is 14.5 Å². The summed E-state index contributed by atoms with van der Waals surface area (Å²) in [5.74, 6) is -0.517. The maximum atomic E-state index is 13.1. The number of anilines is 1. The van der Waals surface area contributed by atoms with Gasteiger partial charge in [-0.1, -0.05) is 42.0 Å². The largest absolute Gasteiger partial charge is 0.350 e. The second kappa shape index (κ2) is 6.79. The van der Waals surface area contributed by atoms with Crippen molar-refractivity contribution < 1.29 is 9.59 Å². The third-order valence-electron chi connectivity index (χ3n) is 4.69. The highest BCUT2D eigenvalue weighted by molar-refractivity contribution is 6.36. The van der Waals surface area contributed by atoms with Crippen molar-refractivity contribution in [2.24, 2.45) is 0 Å². The number of rotatable bonds is 4. The topological polar surface area (TPSA) is 49.4 Å². The lowest BCUT2D eigenvalue weighted by Crippen LogP contribution is -2.38. The first-order valence-corrected chi connectivity index (χ1v) is 8.83. The van der Waals surface area contributed by atoms with E-state index in [1.165, 1.54) is 4.90 Å². The molecule has 2 amide bonds. The third kappa shape index (κ3) is 3.03. The summed E-state index contributed by atoms with van der Waals surface area (Å²) in [6.07, 6.45) is 0. The fourth-order valence-corrected chi connectivity index (χ4v) is 3.32. The Morgan fingerprint density at radius 2 is 1.58 bits per heavy atom. The van der Waals surface area contributed by atoms with E-state index < -0.39 is 0 Å². The van der Waals surface area contributed by atoms with Gasteiger partial charge >= 0.3 is 0 Å². The fourth-order valence-electron chi connectivity index (χ4n) is 3.32. The van der Waals surface area contributed by atoms with Gasteiger partial charge in [0.15, 0.2) is 0 Å². The van der Waals surface area contributed by atoms with E-state index in [9.17, 15) is 9.59 Å². The molecule has 1 aliphatic rings. The van der Waals surface area contributed by atoms with Crippen LogP contribution < -0.4 is 5.32 Å². The van der Waals surface area contributed by atoms with E-state index in [1.807, 2.05) is 77.1 Å². The first kappa shape index (κ1) is 17.9. The number of hydrogen-bond donors (Lipinski definition) is 1. The van der Waals surface area contributed by atoms with Crippen molar-refractivity contribution in [3.05, 3.63) is 70.4 Å². The Bertz CT molecular complexity index is 925. The van der Waals surface area contributed by atoms with Gasteiger partial charge < -0.3 is 5.32 Å². The smallest absolute Gasteiger partial charge is 0.278 e. The Kier molecular flexibility index (Phi) is 4.68. The molecule has 4 heteroatoms. The van der Waals surface area contributed by atoms with Crippen LogP contribution in [0.4, 0.5) is 5.69 Å². The molecule has 0 atom stereocenters. The molecule has 0 bridgehead atoms. The molecule has 0 unspecified atom stereocenters. The Morgan fingerprint density at radius 1 is 0.885 bits per heavy atom. The predicted octanol–water partition coefficient (Wildman–Crippen LogP) is 4.21. The maximum Gasteiger partial charge on any atom is 0.278 e. The van der Waals surface area contributed by atoms with Crippen molar-refractivity contribution >= 4 is 23.1 Å². The van der Waals surface area contributed by atoms with Gasteiger partial charge in [0, 0.05) is 11.7 Å². The molecule has 26 heavy (non-hydrogen) atoms. The van der Waals surface area contributed by atoms with Crippen LogP contribution in [0.5, 0.6) is 0 Å². The Hall–Kier alpha value is -2.88. The molecule has 1 aliphatic heterocycles. The van der Waals surface area contributed by atoms with Crippen molar-refractivity contribution in [2.75, 3.05) is 5.32 Å². The number of nitrogens with zero attached hydrogens (tertiary/aromatic N) is 1. The number of amides is 2. The highest BCUT2D eigenvalue weighted by Crippen LogP contribution is 2.33. The molecule has 1 heterocycles. The molecular weight excluding hydrogens is 324 g/mol. The SMILES string of the molecule is Cc1ccc(C2=C(Nc3ccccc3C)C(=O)N(C(C)C)C2=O)c(C)c1. The van der Waals surface area contributed by atoms with Gasteiger partial charge in [0.2, 0.25) is 0 Å². The zero-order chi connectivity index (χ0) is 19.0. The Balaban J connectivity index is 2.18. The molecule has 0 saturated heterocycles.